The highest BCUT2D eigenvalue weighted by Crippen LogP contribution is 2.17. The van der Waals surface area contributed by atoms with E-state index in [1.165, 1.54) is 0 Å². The van der Waals surface area contributed by atoms with Crippen LogP contribution in [0.1, 0.15) is 12.6 Å². The summed E-state index contributed by atoms with van der Waals surface area (Å²) < 4.78 is 3.42. The number of hydrogen-bond donors (Lipinski definition) is 1. The van der Waals surface area contributed by atoms with Crippen molar-refractivity contribution in [2.75, 3.05) is 5.73 Å². The van der Waals surface area contributed by atoms with Crippen LogP contribution in [-0.2, 0) is 13.6 Å². The zero-order chi connectivity index (χ0) is 11.0. The Labute approximate surface area is 87.7 Å². The number of rotatable bonds is 2. The first-order valence-corrected chi connectivity index (χ1v) is 4.83. The van der Waals surface area contributed by atoms with Crippen LogP contribution >= 0.6 is 0 Å². The molecule has 0 fully saturated rings. The summed E-state index contributed by atoms with van der Waals surface area (Å²) in [5, 5.41) is 8.55. The summed E-state index contributed by atoms with van der Waals surface area (Å²) in [5.74, 6) is 1.03. The maximum absolute atomic E-state index is 5.64. The van der Waals surface area contributed by atoms with Crippen molar-refractivity contribution in [2.45, 2.75) is 20.4 Å². The predicted octanol–water partition coefficient (Wildman–Crippen LogP) is 0.589. The molecule has 0 aliphatic rings. The third-order valence-electron chi connectivity index (χ3n) is 2.23. The molecule has 0 amide bonds. The maximum Gasteiger partial charge on any atom is 0.218 e. The molecule has 0 spiro atoms. The quantitative estimate of drug-likeness (QED) is 0.780. The van der Waals surface area contributed by atoms with Gasteiger partial charge in [-0.25, -0.2) is 4.68 Å². The Kier molecular flexibility index (Phi) is 2.18. The molecule has 2 aromatic rings. The average Bonchev–Trinajstić information content (AvgIpc) is 2.71. The smallest absolute Gasteiger partial charge is 0.218 e. The lowest BCUT2D eigenvalue weighted by Gasteiger charge is -1.98. The van der Waals surface area contributed by atoms with E-state index < -0.39 is 0 Å². The van der Waals surface area contributed by atoms with Crippen LogP contribution in [0.15, 0.2) is 6.07 Å². The number of aryl methyl sites for hydroxylation is 3. The minimum absolute atomic E-state index is 0.409. The van der Waals surface area contributed by atoms with Crippen molar-refractivity contribution < 1.29 is 0 Å². The Morgan fingerprint density at radius 1 is 1.40 bits per heavy atom. The van der Waals surface area contributed by atoms with Crippen molar-refractivity contribution in [3.8, 4) is 11.5 Å². The summed E-state index contributed by atoms with van der Waals surface area (Å²) in [5.41, 5.74) is 7.50. The number of hydrogen-bond acceptors (Lipinski definition) is 4. The largest absolute Gasteiger partial charge is 0.368 e. The van der Waals surface area contributed by atoms with E-state index in [0.717, 1.165) is 17.9 Å². The second-order valence-corrected chi connectivity index (χ2v) is 3.40. The summed E-state index contributed by atoms with van der Waals surface area (Å²) in [6, 6.07) is 1.96. The molecule has 0 saturated carbocycles. The molecule has 0 aliphatic carbocycles. The van der Waals surface area contributed by atoms with E-state index in [2.05, 4.69) is 15.2 Å². The molecule has 0 radical (unpaired) electrons. The summed E-state index contributed by atoms with van der Waals surface area (Å²) in [6.07, 6.45) is 0. The van der Waals surface area contributed by atoms with Crippen molar-refractivity contribution in [2.24, 2.45) is 7.05 Å². The number of anilines is 1. The molecular formula is C9H14N6. The fraction of sp³-hybridized carbons (Fsp3) is 0.444. The molecule has 0 aromatic carbocycles. The minimum atomic E-state index is 0.409. The van der Waals surface area contributed by atoms with E-state index in [1.54, 1.807) is 11.7 Å². The summed E-state index contributed by atoms with van der Waals surface area (Å²) in [6.45, 7) is 4.77. The Morgan fingerprint density at radius 3 is 2.67 bits per heavy atom. The van der Waals surface area contributed by atoms with Gasteiger partial charge in [-0.2, -0.15) is 10.1 Å². The van der Waals surface area contributed by atoms with Crippen LogP contribution in [0.2, 0.25) is 0 Å². The maximum atomic E-state index is 5.64. The molecular weight excluding hydrogens is 192 g/mol. The normalized spacial score (nSPS) is 10.9. The molecule has 0 saturated heterocycles. The minimum Gasteiger partial charge on any atom is -0.368 e. The summed E-state index contributed by atoms with van der Waals surface area (Å²) in [4.78, 5) is 4.17. The van der Waals surface area contributed by atoms with Gasteiger partial charge in [0.2, 0.25) is 11.8 Å². The predicted molar refractivity (Wildman–Crippen MR) is 57.0 cm³/mol. The fourth-order valence-electron chi connectivity index (χ4n) is 1.47. The molecule has 0 atom stereocenters. The standard InChI is InChI=1S/C9H14N6/c1-4-15-7(5-6(2)12-15)8-11-9(10)14(3)13-8/h5H,4H2,1-3H3,(H2,10,11,13). The van der Waals surface area contributed by atoms with E-state index >= 15 is 0 Å². The molecule has 0 aliphatic heterocycles. The number of nitrogens with zero attached hydrogens (tertiary/aromatic N) is 5. The lowest BCUT2D eigenvalue weighted by molar-refractivity contribution is 0.656. The third-order valence-corrected chi connectivity index (χ3v) is 2.23. The number of nitrogens with two attached hydrogens (primary N) is 1. The van der Waals surface area contributed by atoms with Gasteiger partial charge in [0.25, 0.3) is 0 Å². The van der Waals surface area contributed by atoms with E-state index in [1.807, 2.05) is 24.6 Å². The van der Waals surface area contributed by atoms with Crippen molar-refractivity contribution in [1.29, 1.82) is 0 Å². The summed E-state index contributed by atoms with van der Waals surface area (Å²) in [7, 11) is 1.77. The zero-order valence-corrected chi connectivity index (χ0v) is 9.10. The van der Waals surface area contributed by atoms with Crippen molar-refractivity contribution >= 4 is 5.95 Å². The van der Waals surface area contributed by atoms with Gasteiger partial charge < -0.3 is 5.73 Å². The van der Waals surface area contributed by atoms with Crippen molar-refractivity contribution in [3.05, 3.63) is 11.8 Å². The van der Waals surface area contributed by atoms with Gasteiger partial charge in [-0.15, -0.1) is 5.10 Å². The first kappa shape index (κ1) is 9.70. The SMILES string of the molecule is CCn1nc(C)cc1-c1nc(N)n(C)n1. The van der Waals surface area contributed by atoms with Gasteiger partial charge >= 0.3 is 0 Å². The van der Waals surface area contributed by atoms with Gasteiger partial charge in [-0.3, -0.25) is 4.68 Å². The highest BCUT2D eigenvalue weighted by Gasteiger charge is 2.12. The third kappa shape index (κ3) is 1.58. The van der Waals surface area contributed by atoms with Gasteiger partial charge in [0, 0.05) is 13.6 Å². The van der Waals surface area contributed by atoms with Gasteiger partial charge in [-0.1, -0.05) is 0 Å². The molecule has 0 unspecified atom stereocenters. The molecule has 15 heavy (non-hydrogen) atoms. The molecule has 2 heterocycles. The highest BCUT2D eigenvalue weighted by molar-refractivity contribution is 5.51. The van der Waals surface area contributed by atoms with Crippen LogP contribution in [-0.4, -0.2) is 24.5 Å². The lowest BCUT2D eigenvalue weighted by Crippen LogP contribution is -2.00. The Hall–Kier alpha value is -1.85. The molecule has 0 bridgehead atoms. The first-order chi connectivity index (χ1) is 7.11. The van der Waals surface area contributed by atoms with Crippen LogP contribution < -0.4 is 5.73 Å². The fourth-order valence-corrected chi connectivity index (χ4v) is 1.47. The second-order valence-electron chi connectivity index (χ2n) is 3.40. The Morgan fingerprint density at radius 2 is 2.13 bits per heavy atom. The van der Waals surface area contributed by atoms with Crippen LogP contribution in [0.5, 0.6) is 0 Å². The Balaban J connectivity index is 2.52. The topological polar surface area (TPSA) is 74.6 Å². The van der Waals surface area contributed by atoms with E-state index in [0.29, 0.717) is 11.8 Å². The monoisotopic (exact) mass is 206 g/mol. The van der Waals surface area contributed by atoms with Crippen LogP contribution in [0.3, 0.4) is 0 Å². The van der Waals surface area contributed by atoms with Gasteiger partial charge in [-0.05, 0) is 19.9 Å². The van der Waals surface area contributed by atoms with Crippen LogP contribution in [0.25, 0.3) is 11.5 Å². The molecule has 2 N–H and O–H groups in total. The summed E-state index contributed by atoms with van der Waals surface area (Å²) >= 11 is 0. The molecule has 2 aromatic heterocycles. The molecule has 6 nitrogen and oxygen atoms in total. The van der Waals surface area contributed by atoms with Crippen molar-refractivity contribution in [1.82, 2.24) is 24.5 Å². The van der Waals surface area contributed by atoms with E-state index in [-0.39, 0.29) is 0 Å². The second kappa shape index (κ2) is 3.38. The number of nitrogen functional groups attached to an aromatic ring is 1. The molecule has 80 valence electrons. The van der Waals surface area contributed by atoms with Crippen molar-refractivity contribution in [3.63, 3.8) is 0 Å². The van der Waals surface area contributed by atoms with Gasteiger partial charge in [0.05, 0.1) is 5.69 Å². The average molecular weight is 206 g/mol. The van der Waals surface area contributed by atoms with Crippen LogP contribution in [0, 0.1) is 6.92 Å². The van der Waals surface area contributed by atoms with Crippen LogP contribution in [0.4, 0.5) is 5.95 Å². The highest BCUT2D eigenvalue weighted by atomic mass is 15.4. The van der Waals surface area contributed by atoms with Gasteiger partial charge in [0.15, 0.2) is 0 Å². The first-order valence-electron chi connectivity index (χ1n) is 4.83. The zero-order valence-electron chi connectivity index (χ0n) is 9.10. The number of aromatic nitrogens is 5. The molecule has 6 heteroatoms. The van der Waals surface area contributed by atoms with Gasteiger partial charge in [0.1, 0.15) is 5.69 Å². The van der Waals surface area contributed by atoms with E-state index in [4.69, 9.17) is 5.73 Å². The molecule has 2 rings (SSSR count). The Bertz CT molecular complexity index is 461. The lowest BCUT2D eigenvalue weighted by atomic mass is 10.3. The van der Waals surface area contributed by atoms with E-state index in [9.17, 15) is 0 Å².